The van der Waals surface area contributed by atoms with Crippen LogP contribution in [0.1, 0.15) is 48.9 Å². The standard InChI is InChI=1S/C18H21IN2O3S/c1-12-2-6-16(7-3-12)25(22,23)24-11-13-8-15(9-13)21-18(19)10-17(20-21)14-4-5-14/h2-3,6-7,10,13-15H,4-5,8-9,11H2,1H3. The van der Waals surface area contributed by atoms with Crippen LogP contribution in [0, 0.1) is 16.5 Å². The van der Waals surface area contributed by atoms with Crippen LogP contribution < -0.4 is 0 Å². The van der Waals surface area contributed by atoms with Gasteiger partial charge >= 0.3 is 0 Å². The fraction of sp³-hybridized carbons (Fsp3) is 0.500. The van der Waals surface area contributed by atoms with Crippen molar-refractivity contribution in [2.75, 3.05) is 6.61 Å². The molecule has 2 saturated carbocycles. The molecule has 2 fully saturated rings. The highest BCUT2D eigenvalue weighted by Gasteiger charge is 2.35. The summed E-state index contributed by atoms with van der Waals surface area (Å²) in [5.74, 6) is 0.934. The second-order valence-corrected chi connectivity index (χ2v) is 9.87. The van der Waals surface area contributed by atoms with Crippen molar-refractivity contribution >= 4 is 32.7 Å². The van der Waals surface area contributed by atoms with E-state index in [0.29, 0.717) is 12.0 Å². The van der Waals surface area contributed by atoms with Crippen molar-refractivity contribution in [2.24, 2.45) is 5.92 Å². The Morgan fingerprint density at radius 2 is 1.92 bits per heavy atom. The van der Waals surface area contributed by atoms with E-state index >= 15 is 0 Å². The zero-order chi connectivity index (χ0) is 17.6. The Morgan fingerprint density at radius 3 is 2.56 bits per heavy atom. The Morgan fingerprint density at radius 1 is 1.24 bits per heavy atom. The summed E-state index contributed by atoms with van der Waals surface area (Å²) >= 11 is 2.34. The molecule has 5 nitrogen and oxygen atoms in total. The van der Waals surface area contributed by atoms with Gasteiger partial charge in [-0.15, -0.1) is 0 Å². The molecule has 0 saturated heterocycles. The monoisotopic (exact) mass is 472 g/mol. The average Bonchev–Trinajstić information content (AvgIpc) is 3.30. The topological polar surface area (TPSA) is 61.2 Å². The number of rotatable bonds is 6. The minimum absolute atomic E-state index is 0.227. The summed E-state index contributed by atoms with van der Waals surface area (Å²) < 4.78 is 33.0. The van der Waals surface area contributed by atoms with Gasteiger partial charge < -0.3 is 0 Å². The van der Waals surface area contributed by atoms with Gasteiger partial charge in [0.15, 0.2) is 0 Å². The van der Waals surface area contributed by atoms with E-state index in [1.165, 1.54) is 22.2 Å². The van der Waals surface area contributed by atoms with Gasteiger partial charge in [0, 0.05) is 5.92 Å². The summed E-state index contributed by atoms with van der Waals surface area (Å²) in [5.41, 5.74) is 2.24. The zero-order valence-corrected chi connectivity index (χ0v) is 17.0. The first kappa shape index (κ1) is 17.5. The Balaban J connectivity index is 1.32. The number of nitrogens with zero attached hydrogens (tertiary/aromatic N) is 2. The van der Waals surface area contributed by atoms with Crippen LogP contribution >= 0.6 is 22.6 Å². The molecule has 134 valence electrons. The lowest BCUT2D eigenvalue weighted by Gasteiger charge is -2.35. The third kappa shape index (κ3) is 3.78. The summed E-state index contributed by atoms with van der Waals surface area (Å²) in [6.07, 6.45) is 4.35. The number of aromatic nitrogens is 2. The van der Waals surface area contributed by atoms with Gasteiger partial charge in [-0.25, -0.2) is 0 Å². The first-order chi connectivity index (χ1) is 11.9. The Labute approximate surface area is 162 Å². The molecule has 0 bridgehead atoms. The Kier molecular flexibility index (Phi) is 4.66. The van der Waals surface area contributed by atoms with E-state index in [0.717, 1.165) is 18.4 Å². The van der Waals surface area contributed by atoms with Crippen LogP contribution in [0.25, 0.3) is 0 Å². The highest BCUT2D eigenvalue weighted by atomic mass is 127. The second kappa shape index (κ2) is 6.66. The maximum atomic E-state index is 12.2. The average molecular weight is 472 g/mol. The van der Waals surface area contributed by atoms with Crippen LogP contribution in [0.4, 0.5) is 0 Å². The van der Waals surface area contributed by atoms with Crippen LogP contribution in [0.2, 0.25) is 0 Å². The summed E-state index contributed by atoms with van der Waals surface area (Å²) in [6.45, 7) is 2.18. The van der Waals surface area contributed by atoms with Crippen molar-refractivity contribution in [3.05, 3.63) is 45.3 Å². The largest absolute Gasteiger partial charge is 0.296 e. The normalized spacial score (nSPS) is 23.4. The lowest BCUT2D eigenvalue weighted by molar-refractivity contribution is 0.119. The number of halogens is 1. The molecule has 0 unspecified atom stereocenters. The van der Waals surface area contributed by atoms with Crippen LogP contribution in [0.15, 0.2) is 35.2 Å². The van der Waals surface area contributed by atoms with Gasteiger partial charge in [-0.1, -0.05) is 17.7 Å². The first-order valence-corrected chi connectivity index (χ1v) is 11.1. The van der Waals surface area contributed by atoms with Gasteiger partial charge in [0.1, 0.15) is 0 Å². The molecule has 0 amide bonds. The highest BCUT2D eigenvalue weighted by molar-refractivity contribution is 14.1. The Bertz CT molecular complexity index is 866. The van der Waals surface area contributed by atoms with E-state index in [9.17, 15) is 8.42 Å². The van der Waals surface area contributed by atoms with Gasteiger partial charge in [0.2, 0.25) is 0 Å². The van der Waals surface area contributed by atoms with Crippen molar-refractivity contribution in [1.82, 2.24) is 9.78 Å². The molecular weight excluding hydrogens is 451 g/mol. The van der Waals surface area contributed by atoms with Crippen molar-refractivity contribution in [2.45, 2.75) is 49.5 Å². The predicted octanol–water partition coefficient (Wildman–Crippen LogP) is 4.03. The van der Waals surface area contributed by atoms with E-state index in [4.69, 9.17) is 9.28 Å². The molecule has 1 aromatic carbocycles. The fourth-order valence-corrected chi connectivity index (χ4v) is 5.02. The highest BCUT2D eigenvalue weighted by Crippen LogP contribution is 2.43. The number of hydrogen-bond acceptors (Lipinski definition) is 4. The van der Waals surface area contributed by atoms with E-state index in [-0.39, 0.29) is 17.4 Å². The molecule has 2 aliphatic carbocycles. The molecule has 2 aliphatic rings. The molecule has 2 aromatic rings. The number of benzene rings is 1. The minimum atomic E-state index is -3.66. The van der Waals surface area contributed by atoms with Gasteiger partial charge in [-0.05, 0) is 79.3 Å². The van der Waals surface area contributed by atoms with Crippen molar-refractivity contribution in [1.29, 1.82) is 0 Å². The molecule has 1 aromatic heterocycles. The van der Waals surface area contributed by atoms with Crippen LogP contribution in [-0.2, 0) is 14.3 Å². The molecule has 0 radical (unpaired) electrons. The molecule has 0 N–H and O–H groups in total. The zero-order valence-electron chi connectivity index (χ0n) is 14.1. The van der Waals surface area contributed by atoms with Gasteiger partial charge in [0.25, 0.3) is 10.1 Å². The van der Waals surface area contributed by atoms with Crippen molar-refractivity contribution in [3.63, 3.8) is 0 Å². The SMILES string of the molecule is Cc1ccc(S(=O)(=O)OCC2CC(n3nc(C4CC4)cc3I)C2)cc1. The van der Waals surface area contributed by atoms with Gasteiger partial charge in [-0.2, -0.15) is 13.5 Å². The number of aryl methyl sites for hydroxylation is 1. The smallest absolute Gasteiger partial charge is 0.266 e. The van der Waals surface area contributed by atoms with E-state index in [1.54, 1.807) is 24.3 Å². The van der Waals surface area contributed by atoms with E-state index < -0.39 is 10.1 Å². The van der Waals surface area contributed by atoms with E-state index in [2.05, 4.69) is 33.3 Å². The molecule has 25 heavy (non-hydrogen) atoms. The molecule has 7 heteroatoms. The third-order valence-corrected chi connectivity index (χ3v) is 7.13. The summed E-state index contributed by atoms with van der Waals surface area (Å²) in [5, 5.41) is 4.74. The quantitative estimate of drug-likeness (QED) is 0.471. The van der Waals surface area contributed by atoms with Crippen molar-refractivity contribution < 1.29 is 12.6 Å². The molecule has 0 atom stereocenters. The maximum absolute atomic E-state index is 12.2. The molecule has 0 spiro atoms. The summed E-state index contributed by atoms with van der Waals surface area (Å²) in [7, 11) is -3.66. The lowest BCUT2D eigenvalue weighted by Crippen LogP contribution is -2.32. The summed E-state index contributed by atoms with van der Waals surface area (Å²) in [4.78, 5) is 0.227. The van der Waals surface area contributed by atoms with Crippen molar-refractivity contribution in [3.8, 4) is 0 Å². The van der Waals surface area contributed by atoms with Crippen LogP contribution in [0.3, 0.4) is 0 Å². The van der Waals surface area contributed by atoms with Crippen LogP contribution in [-0.4, -0.2) is 24.8 Å². The molecule has 0 aliphatic heterocycles. The first-order valence-electron chi connectivity index (χ1n) is 8.63. The molecular formula is C18H21IN2O3S. The molecule has 1 heterocycles. The van der Waals surface area contributed by atoms with Crippen LogP contribution in [0.5, 0.6) is 0 Å². The summed E-state index contributed by atoms with van der Waals surface area (Å²) in [6, 6.07) is 9.32. The third-order valence-electron chi connectivity index (χ3n) is 5.03. The van der Waals surface area contributed by atoms with E-state index in [1.807, 2.05) is 6.92 Å². The second-order valence-electron chi connectivity index (χ2n) is 7.15. The number of hydrogen-bond donors (Lipinski definition) is 0. The lowest BCUT2D eigenvalue weighted by atomic mass is 9.81. The Hall–Kier alpha value is -0.930. The fourth-order valence-electron chi connectivity index (χ4n) is 3.22. The van der Waals surface area contributed by atoms with Gasteiger partial charge in [-0.3, -0.25) is 8.86 Å². The van der Waals surface area contributed by atoms with Gasteiger partial charge in [0.05, 0.1) is 26.9 Å². The minimum Gasteiger partial charge on any atom is -0.266 e. The predicted molar refractivity (Wildman–Crippen MR) is 103 cm³/mol. The maximum Gasteiger partial charge on any atom is 0.296 e. The molecule has 4 rings (SSSR count).